The van der Waals surface area contributed by atoms with Crippen molar-refractivity contribution < 1.29 is 28.7 Å². The number of hydrogen-bond donors (Lipinski definition) is 1. The lowest BCUT2D eigenvalue weighted by atomic mass is 9.73. The summed E-state index contributed by atoms with van der Waals surface area (Å²) in [5, 5.41) is 7.55. The van der Waals surface area contributed by atoms with Crippen molar-refractivity contribution in [2.75, 3.05) is 6.54 Å². The summed E-state index contributed by atoms with van der Waals surface area (Å²) in [6.45, 7) is 18.0. The van der Waals surface area contributed by atoms with Crippen LogP contribution in [0, 0.1) is 5.41 Å². The quantitative estimate of drug-likeness (QED) is 0.192. The Kier molecular flexibility index (Phi) is 11.0. The molecule has 0 spiro atoms. The molecule has 0 saturated heterocycles. The van der Waals surface area contributed by atoms with E-state index in [4.69, 9.17) is 9.47 Å². The Morgan fingerprint density at radius 2 is 1.68 bits per heavy atom. The molecule has 0 bridgehead atoms. The molecule has 0 radical (unpaired) electrons. The molecule has 1 aliphatic carbocycles. The van der Waals surface area contributed by atoms with E-state index in [1.54, 1.807) is 60.7 Å². The maximum atomic E-state index is 13.6. The topological polar surface area (TPSA) is 132 Å². The summed E-state index contributed by atoms with van der Waals surface area (Å²) in [5.41, 5.74) is -1.40. The number of ketones is 2. The maximum Gasteiger partial charge on any atom is 0.437 e. The van der Waals surface area contributed by atoms with Gasteiger partial charge in [-0.3, -0.25) is 9.59 Å². The normalized spacial score (nSPS) is 16.7. The molecule has 1 fully saturated rings. The molecule has 1 aromatic rings. The Balaban J connectivity index is 2.55. The number of Topliss-reactive ketones (excluding diaryl/α,β-unsaturated/α-hetero) is 2. The van der Waals surface area contributed by atoms with Crippen LogP contribution in [-0.2, 0) is 19.1 Å². The molecule has 1 unspecified atom stereocenters. The first-order valence-corrected chi connectivity index (χ1v) is 14.2. The van der Waals surface area contributed by atoms with Gasteiger partial charge in [-0.25, -0.2) is 19.2 Å². The van der Waals surface area contributed by atoms with Gasteiger partial charge in [-0.2, -0.15) is 5.10 Å². The summed E-state index contributed by atoms with van der Waals surface area (Å²) in [6, 6.07) is 1.23. The van der Waals surface area contributed by atoms with Crippen molar-refractivity contribution in [1.29, 1.82) is 0 Å². The van der Waals surface area contributed by atoms with Crippen molar-refractivity contribution >= 4 is 29.7 Å². The summed E-state index contributed by atoms with van der Waals surface area (Å²) in [7, 11) is 0. The third-order valence-electron chi connectivity index (χ3n) is 6.09. The number of carbonyl (C=O) groups excluding carboxylic acids is 4. The van der Waals surface area contributed by atoms with Crippen LogP contribution in [0.25, 0.3) is 0 Å². The number of aromatic nitrogens is 2. The van der Waals surface area contributed by atoms with Gasteiger partial charge >= 0.3 is 12.2 Å². The fraction of sp³-hybridized carbons (Fsp3) is 0.667. The van der Waals surface area contributed by atoms with Crippen molar-refractivity contribution in [2.24, 2.45) is 10.4 Å². The zero-order valence-electron chi connectivity index (χ0n) is 26.3. The Morgan fingerprint density at radius 1 is 1.10 bits per heavy atom. The van der Waals surface area contributed by atoms with E-state index in [1.165, 1.54) is 15.8 Å². The molecule has 1 heterocycles. The number of unbranched alkanes of at least 4 members (excludes halogenated alkanes) is 1. The van der Waals surface area contributed by atoms with Gasteiger partial charge in [0.25, 0.3) is 0 Å². The van der Waals surface area contributed by atoms with Crippen LogP contribution >= 0.6 is 0 Å². The zero-order valence-corrected chi connectivity index (χ0v) is 26.3. The number of rotatable bonds is 7. The van der Waals surface area contributed by atoms with Gasteiger partial charge in [-0.1, -0.05) is 33.6 Å². The van der Waals surface area contributed by atoms with Crippen LogP contribution < -0.4 is 5.32 Å². The average Bonchev–Trinajstić information content (AvgIpc) is 3.30. The molecule has 0 aromatic carbocycles. The standard InChI is InChI=1S/C30H47N5O6/c1-11-12-14-21(32-20(2)24-22(36)17-30(9,10)18-23(24)37)19-34(27(39)41-29(6,7)8)25(35-16-13-15-31-35)33-26(38)40-28(3,4)5/h13,15-16,21,32H,11-12,14,17-19H2,1-10H3. The third kappa shape index (κ3) is 10.8. The number of ether oxygens (including phenoxy) is 2. The second kappa shape index (κ2) is 13.4. The SMILES string of the molecule is CCCCC(CN(C(=O)OC(C)(C)C)C(=NC(=O)OC(C)(C)C)n1cccn1)NC(C)=C1C(=O)CC(C)(C)CC1=O. The maximum absolute atomic E-state index is 13.6. The number of nitrogens with one attached hydrogen (secondary N) is 1. The number of amides is 2. The highest BCUT2D eigenvalue weighted by Gasteiger charge is 2.37. The second-order valence-corrected chi connectivity index (χ2v) is 13.3. The van der Waals surface area contributed by atoms with Crippen LogP contribution in [0.1, 0.15) is 101 Å². The van der Waals surface area contributed by atoms with E-state index < -0.39 is 29.4 Å². The molecule has 1 aromatic heterocycles. The van der Waals surface area contributed by atoms with Crippen molar-refractivity contribution in [3.8, 4) is 0 Å². The van der Waals surface area contributed by atoms with Gasteiger partial charge in [-0.05, 0) is 66.4 Å². The molecular weight excluding hydrogens is 526 g/mol. The molecule has 11 heteroatoms. The fourth-order valence-electron chi connectivity index (χ4n) is 4.48. The summed E-state index contributed by atoms with van der Waals surface area (Å²) in [5.74, 6) is -0.491. The van der Waals surface area contributed by atoms with Gasteiger partial charge in [0.1, 0.15) is 11.2 Å². The van der Waals surface area contributed by atoms with E-state index in [0.29, 0.717) is 12.1 Å². The molecule has 2 amide bonds. The minimum atomic E-state index is -0.895. The molecule has 11 nitrogen and oxygen atoms in total. The van der Waals surface area contributed by atoms with Crippen LogP contribution in [0.4, 0.5) is 9.59 Å². The Morgan fingerprint density at radius 3 is 2.17 bits per heavy atom. The highest BCUT2D eigenvalue weighted by atomic mass is 16.6. The second-order valence-electron chi connectivity index (χ2n) is 13.3. The molecule has 1 saturated carbocycles. The van der Waals surface area contributed by atoms with E-state index in [-0.39, 0.29) is 47.9 Å². The number of aliphatic imine (C=N–C) groups is 1. The van der Waals surface area contributed by atoms with Gasteiger partial charge in [0.15, 0.2) is 11.6 Å². The smallest absolute Gasteiger partial charge is 0.437 e. The lowest BCUT2D eigenvalue weighted by molar-refractivity contribution is -0.127. The first kappa shape index (κ1) is 33.7. The predicted octanol–water partition coefficient (Wildman–Crippen LogP) is 5.64. The fourth-order valence-corrected chi connectivity index (χ4v) is 4.48. The number of carbonyl (C=O) groups is 4. The Bertz CT molecular complexity index is 1150. The highest BCUT2D eigenvalue weighted by molar-refractivity contribution is 6.22. The van der Waals surface area contributed by atoms with Crippen molar-refractivity contribution in [3.63, 3.8) is 0 Å². The largest absolute Gasteiger partial charge is 0.443 e. The minimum absolute atomic E-state index is 0.00883. The summed E-state index contributed by atoms with van der Waals surface area (Å²) in [4.78, 5) is 57.7. The molecule has 1 N–H and O–H groups in total. The van der Waals surface area contributed by atoms with E-state index >= 15 is 0 Å². The molecule has 1 aliphatic rings. The van der Waals surface area contributed by atoms with Crippen molar-refractivity contribution in [2.45, 2.75) is 119 Å². The highest BCUT2D eigenvalue weighted by Crippen LogP contribution is 2.34. The van der Waals surface area contributed by atoms with E-state index in [0.717, 1.165) is 12.8 Å². The van der Waals surface area contributed by atoms with E-state index in [1.807, 2.05) is 20.8 Å². The predicted molar refractivity (Wildman–Crippen MR) is 156 cm³/mol. The molecule has 41 heavy (non-hydrogen) atoms. The van der Waals surface area contributed by atoms with E-state index in [9.17, 15) is 19.2 Å². The zero-order chi connectivity index (χ0) is 31.2. The summed E-state index contributed by atoms with van der Waals surface area (Å²) >= 11 is 0. The first-order chi connectivity index (χ1) is 18.8. The number of hydrogen-bond acceptors (Lipinski definition) is 8. The van der Waals surface area contributed by atoms with Crippen LogP contribution in [-0.4, -0.2) is 68.2 Å². The van der Waals surface area contributed by atoms with Gasteiger partial charge in [-0.15, -0.1) is 4.99 Å². The Hall–Kier alpha value is -3.50. The lowest BCUT2D eigenvalue weighted by Crippen LogP contribution is -2.50. The molecule has 0 aliphatic heterocycles. The van der Waals surface area contributed by atoms with Crippen LogP contribution in [0.2, 0.25) is 0 Å². The van der Waals surface area contributed by atoms with Gasteiger partial charge in [0, 0.05) is 37.0 Å². The third-order valence-corrected chi connectivity index (χ3v) is 6.09. The van der Waals surface area contributed by atoms with Gasteiger partial charge < -0.3 is 14.8 Å². The van der Waals surface area contributed by atoms with Crippen LogP contribution in [0.5, 0.6) is 0 Å². The molecule has 2 rings (SSSR count). The van der Waals surface area contributed by atoms with Gasteiger partial charge in [0.05, 0.1) is 12.1 Å². The summed E-state index contributed by atoms with van der Waals surface area (Å²) < 4.78 is 12.4. The van der Waals surface area contributed by atoms with Crippen molar-refractivity contribution in [1.82, 2.24) is 20.0 Å². The summed E-state index contributed by atoms with van der Waals surface area (Å²) in [6.07, 6.45) is 4.27. The monoisotopic (exact) mass is 573 g/mol. The van der Waals surface area contributed by atoms with Crippen LogP contribution in [0.3, 0.4) is 0 Å². The molecule has 1 atom stereocenters. The van der Waals surface area contributed by atoms with Gasteiger partial charge in [0.2, 0.25) is 5.96 Å². The molecular formula is C30H47N5O6. The van der Waals surface area contributed by atoms with Crippen LogP contribution in [0.15, 0.2) is 34.7 Å². The average molecular weight is 574 g/mol. The first-order valence-electron chi connectivity index (χ1n) is 14.2. The molecule has 228 valence electrons. The van der Waals surface area contributed by atoms with E-state index in [2.05, 4.69) is 15.4 Å². The van der Waals surface area contributed by atoms with Crippen molar-refractivity contribution in [3.05, 3.63) is 29.7 Å². The number of allylic oxidation sites excluding steroid dienone is 2. The number of nitrogens with zero attached hydrogens (tertiary/aromatic N) is 4. The minimum Gasteiger partial charge on any atom is -0.443 e. The Labute approximate surface area is 243 Å². The lowest BCUT2D eigenvalue weighted by Gasteiger charge is -2.33.